The van der Waals surface area contributed by atoms with Gasteiger partial charge in [-0.05, 0) is 85.3 Å². The summed E-state index contributed by atoms with van der Waals surface area (Å²) in [5.41, 5.74) is 5.08. The van der Waals surface area contributed by atoms with E-state index in [1.807, 2.05) is 37.4 Å². The summed E-state index contributed by atoms with van der Waals surface area (Å²) in [7, 11) is 0. The lowest BCUT2D eigenvalue weighted by Gasteiger charge is -2.56. The van der Waals surface area contributed by atoms with Crippen LogP contribution in [0.2, 0.25) is 0 Å². The summed E-state index contributed by atoms with van der Waals surface area (Å²) in [6.07, 6.45) is 7.47. The number of hydrogen-bond donors (Lipinski definition) is 2. The summed E-state index contributed by atoms with van der Waals surface area (Å²) >= 11 is 0. The first-order valence-corrected chi connectivity index (χ1v) is 13.6. The molecule has 2 N–H and O–H groups in total. The Morgan fingerprint density at radius 3 is 2.57 bits per heavy atom. The fourth-order valence-corrected chi connectivity index (χ4v) is 6.63. The van der Waals surface area contributed by atoms with Gasteiger partial charge in [0.2, 0.25) is 0 Å². The van der Waals surface area contributed by atoms with Crippen molar-refractivity contribution in [2.75, 3.05) is 22.9 Å². The summed E-state index contributed by atoms with van der Waals surface area (Å²) in [6.45, 7) is 3.75. The topological polar surface area (TPSA) is 75.4 Å². The zero-order chi connectivity index (χ0) is 25.4. The van der Waals surface area contributed by atoms with Gasteiger partial charge in [0.15, 0.2) is 0 Å². The Morgan fingerprint density at radius 1 is 0.973 bits per heavy atom. The fourth-order valence-electron chi connectivity index (χ4n) is 6.63. The van der Waals surface area contributed by atoms with Crippen LogP contribution < -0.4 is 15.1 Å². The van der Waals surface area contributed by atoms with E-state index >= 15 is 0 Å². The number of rotatable bonds is 4. The van der Waals surface area contributed by atoms with Gasteiger partial charge in [-0.3, -0.25) is 0 Å². The molecule has 0 amide bonds. The molecular weight excluding hydrogens is 458 g/mol. The highest BCUT2D eigenvalue weighted by atomic mass is 16.3. The number of pyridine rings is 1. The molecule has 6 heteroatoms. The summed E-state index contributed by atoms with van der Waals surface area (Å²) in [6, 6.07) is 24.4. The van der Waals surface area contributed by atoms with Crippen LogP contribution in [0.3, 0.4) is 0 Å². The highest BCUT2D eigenvalue weighted by Crippen LogP contribution is 2.38. The molecule has 2 saturated heterocycles. The van der Waals surface area contributed by atoms with Crippen LogP contribution in [0, 0.1) is 11.3 Å². The molecule has 2 unspecified atom stereocenters. The summed E-state index contributed by atoms with van der Waals surface area (Å²) in [5.74, 6) is 1.07. The van der Waals surface area contributed by atoms with Crippen molar-refractivity contribution in [3.63, 3.8) is 0 Å². The van der Waals surface area contributed by atoms with Gasteiger partial charge in [-0.15, -0.1) is 0 Å². The lowest BCUT2D eigenvalue weighted by atomic mass is 9.81. The Kier molecular flexibility index (Phi) is 6.58. The maximum absolute atomic E-state index is 10.1. The van der Waals surface area contributed by atoms with Crippen molar-refractivity contribution in [1.29, 1.82) is 5.26 Å². The van der Waals surface area contributed by atoms with Gasteiger partial charge in [0.1, 0.15) is 5.82 Å². The molecule has 37 heavy (non-hydrogen) atoms. The summed E-state index contributed by atoms with van der Waals surface area (Å²) < 4.78 is 0. The lowest BCUT2D eigenvalue weighted by Crippen LogP contribution is -2.72. The van der Waals surface area contributed by atoms with E-state index in [4.69, 9.17) is 4.98 Å². The van der Waals surface area contributed by atoms with E-state index < -0.39 is 6.10 Å². The third kappa shape index (κ3) is 4.70. The number of aromatic nitrogens is 1. The second-order valence-corrected chi connectivity index (χ2v) is 10.8. The van der Waals surface area contributed by atoms with Crippen molar-refractivity contribution in [1.82, 2.24) is 10.3 Å². The molecule has 0 radical (unpaired) electrons. The zero-order valence-electron chi connectivity index (χ0n) is 21.4. The third-order valence-electron chi connectivity index (χ3n) is 8.52. The molecule has 1 saturated carbocycles. The highest BCUT2D eigenvalue weighted by Gasteiger charge is 2.46. The van der Waals surface area contributed by atoms with Gasteiger partial charge >= 0.3 is 0 Å². The smallest absolute Gasteiger partial charge is 0.129 e. The number of piperidine rings is 1. The normalized spacial score (nSPS) is 26.1. The monoisotopic (exact) mass is 493 g/mol. The number of fused-ring (bicyclic) bond motifs is 2. The Balaban J connectivity index is 1.31. The van der Waals surface area contributed by atoms with Gasteiger partial charge in [0.05, 0.1) is 17.7 Å². The molecule has 3 aromatic rings. The second kappa shape index (κ2) is 10.2. The first-order valence-electron chi connectivity index (χ1n) is 13.6. The van der Waals surface area contributed by atoms with Crippen molar-refractivity contribution in [3.8, 4) is 17.2 Å². The van der Waals surface area contributed by atoms with E-state index in [2.05, 4.69) is 57.6 Å². The van der Waals surface area contributed by atoms with Gasteiger partial charge < -0.3 is 20.2 Å². The fraction of sp³-hybridized carbons (Fsp3) is 0.419. The van der Waals surface area contributed by atoms with Crippen LogP contribution in [0.4, 0.5) is 11.5 Å². The Morgan fingerprint density at radius 2 is 1.76 bits per heavy atom. The number of benzene rings is 2. The molecule has 2 aromatic carbocycles. The van der Waals surface area contributed by atoms with E-state index in [0.29, 0.717) is 29.7 Å². The summed E-state index contributed by atoms with van der Waals surface area (Å²) in [4.78, 5) is 10.0. The minimum absolute atomic E-state index is 0.354. The average molecular weight is 494 g/mol. The number of nitrogens with zero attached hydrogens (tertiary/aromatic N) is 4. The number of nitrogens with one attached hydrogen (secondary N) is 1. The van der Waals surface area contributed by atoms with Gasteiger partial charge in [-0.1, -0.05) is 31.0 Å². The predicted molar refractivity (Wildman–Crippen MR) is 148 cm³/mol. The van der Waals surface area contributed by atoms with Crippen molar-refractivity contribution in [3.05, 3.63) is 78.0 Å². The molecule has 1 aliphatic carbocycles. The molecule has 0 bridgehead atoms. The highest BCUT2D eigenvalue weighted by molar-refractivity contribution is 5.68. The SMILES string of the molecule is C[C@H](O)c1cccc(-c2ccnc(N3C4CCN(c5ccc(C#N)cc5)CC4N[C@@H]4CCCC[C@H]43)c2)c1. The third-order valence-corrected chi connectivity index (χ3v) is 8.52. The van der Waals surface area contributed by atoms with Crippen LogP contribution in [0.5, 0.6) is 0 Å². The summed E-state index contributed by atoms with van der Waals surface area (Å²) in [5, 5.41) is 23.3. The van der Waals surface area contributed by atoms with Crippen molar-refractivity contribution >= 4 is 11.5 Å². The van der Waals surface area contributed by atoms with Gasteiger partial charge in [0, 0.05) is 49.1 Å². The molecule has 1 aromatic heterocycles. The largest absolute Gasteiger partial charge is 0.389 e. The number of piperazine rings is 1. The zero-order valence-corrected chi connectivity index (χ0v) is 21.4. The van der Waals surface area contributed by atoms with E-state index in [9.17, 15) is 10.4 Å². The standard InChI is InChI=1S/C31H35N5O/c1-21(37)23-5-4-6-24(17-23)25-13-15-33-31(18-25)36-29-8-3-2-7-27(29)34-28-20-35(16-14-30(28)36)26-11-9-22(19-32)10-12-26/h4-6,9-13,15,17-18,21,27-30,34,37H,2-3,7-8,14,16,20H2,1H3/t21-,27+,28?,29+,30?/m0/s1. The maximum Gasteiger partial charge on any atom is 0.129 e. The Hall–Kier alpha value is -3.40. The number of anilines is 2. The van der Waals surface area contributed by atoms with Crippen molar-refractivity contribution in [2.24, 2.45) is 0 Å². The molecule has 6 nitrogen and oxygen atoms in total. The first kappa shape index (κ1) is 24.0. The van der Waals surface area contributed by atoms with E-state index in [-0.39, 0.29) is 0 Å². The number of aliphatic hydroxyl groups excluding tert-OH is 1. The maximum atomic E-state index is 10.1. The molecule has 2 aliphatic heterocycles. The number of hydrogen-bond acceptors (Lipinski definition) is 6. The van der Waals surface area contributed by atoms with Crippen LogP contribution in [0.1, 0.15) is 56.3 Å². The molecule has 3 fully saturated rings. The van der Waals surface area contributed by atoms with Crippen LogP contribution in [0.25, 0.3) is 11.1 Å². The Labute approximate surface area is 219 Å². The van der Waals surface area contributed by atoms with Gasteiger partial charge in [-0.2, -0.15) is 5.26 Å². The molecule has 190 valence electrons. The molecule has 6 rings (SSSR count). The molecular formula is C31H35N5O. The van der Waals surface area contributed by atoms with Crippen molar-refractivity contribution in [2.45, 2.75) is 69.3 Å². The lowest BCUT2D eigenvalue weighted by molar-refractivity contribution is 0.188. The number of aliphatic hydroxyl groups is 1. The average Bonchev–Trinajstić information content (AvgIpc) is 2.95. The minimum Gasteiger partial charge on any atom is -0.389 e. The first-order chi connectivity index (χ1) is 18.1. The van der Waals surface area contributed by atoms with E-state index in [0.717, 1.165) is 42.0 Å². The second-order valence-electron chi connectivity index (χ2n) is 10.8. The van der Waals surface area contributed by atoms with E-state index in [1.54, 1.807) is 0 Å². The minimum atomic E-state index is -0.487. The molecule has 0 spiro atoms. The van der Waals surface area contributed by atoms with E-state index in [1.165, 1.54) is 31.4 Å². The molecule has 3 aliphatic rings. The predicted octanol–water partition coefficient (Wildman–Crippen LogP) is 5.04. The Bertz CT molecular complexity index is 1280. The van der Waals surface area contributed by atoms with Gasteiger partial charge in [-0.25, -0.2) is 4.98 Å². The van der Waals surface area contributed by atoms with Crippen molar-refractivity contribution < 1.29 is 5.11 Å². The van der Waals surface area contributed by atoms with Crippen LogP contribution in [-0.2, 0) is 0 Å². The van der Waals surface area contributed by atoms with Crippen LogP contribution in [0.15, 0.2) is 66.9 Å². The van der Waals surface area contributed by atoms with Crippen LogP contribution in [-0.4, -0.2) is 47.3 Å². The quantitative estimate of drug-likeness (QED) is 0.530. The molecule has 5 atom stereocenters. The number of nitriles is 1. The molecule has 3 heterocycles. The van der Waals surface area contributed by atoms with Crippen LogP contribution >= 0.6 is 0 Å². The van der Waals surface area contributed by atoms with Gasteiger partial charge in [0.25, 0.3) is 0 Å².